The van der Waals surface area contributed by atoms with Gasteiger partial charge in [-0.15, -0.1) is 0 Å². The van der Waals surface area contributed by atoms with E-state index in [0.29, 0.717) is 0 Å². The first kappa shape index (κ1) is 13.9. The lowest BCUT2D eigenvalue weighted by Gasteiger charge is -2.15. The molecule has 4 nitrogen and oxygen atoms in total. The molecule has 1 rings (SSSR count). The molecule has 6 heteroatoms. The maximum Gasteiger partial charge on any atom is 0.374 e. The van der Waals surface area contributed by atoms with Crippen molar-refractivity contribution in [2.24, 2.45) is 0 Å². The van der Waals surface area contributed by atoms with Crippen LogP contribution >= 0.6 is 0 Å². The molecule has 0 aliphatic heterocycles. The Kier molecular flexibility index (Phi) is 5.86. The zero-order chi connectivity index (χ0) is 12.7. The zero-order valence-electron chi connectivity index (χ0n) is 9.49. The minimum Gasteiger partial charge on any atom is -0.460 e. The van der Waals surface area contributed by atoms with Crippen LogP contribution in [0.25, 0.3) is 0 Å². The van der Waals surface area contributed by atoms with E-state index in [1.165, 1.54) is 0 Å². The van der Waals surface area contributed by atoms with Gasteiger partial charge in [0.15, 0.2) is 6.61 Å². The van der Waals surface area contributed by atoms with Gasteiger partial charge in [-0.05, 0) is 25.7 Å². The van der Waals surface area contributed by atoms with Gasteiger partial charge in [0, 0.05) is 0 Å². The monoisotopic (exact) mass is 250 g/mol. The Morgan fingerprint density at radius 1 is 1.12 bits per heavy atom. The number of hydrogen-bond acceptors (Lipinski definition) is 4. The molecule has 0 radical (unpaired) electrons. The van der Waals surface area contributed by atoms with E-state index in [1.54, 1.807) is 0 Å². The molecule has 1 aliphatic carbocycles. The number of hydrogen-bond donors (Lipinski definition) is 0. The Bertz CT molecular complexity index is 260. The Labute approximate surface area is 98.3 Å². The Morgan fingerprint density at radius 2 is 1.71 bits per heavy atom. The van der Waals surface area contributed by atoms with Gasteiger partial charge in [0.25, 0.3) is 0 Å². The average molecular weight is 250 g/mol. The summed E-state index contributed by atoms with van der Waals surface area (Å²) in [5.41, 5.74) is 0. The molecule has 0 bridgehead atoms. The van der Waals surface area contributed by atoms with Crippen molar-refractivity contribution >= 4 is 11.9 Å². The summed E-state index contributed by atoms with van der Waals surface area (Å²) in [5.74, 6) is -2.45. The highest BCUT2D eigenvalue weighted by Crippen LogP contribution is 2.19. The maximum atomic E-state index is 11.8. The van der Waals surface area contributed by atoms with Crippen molar-refractivity contribution in [1.29, 1.82) is 0 Å². The molecule has 98 valence electrons. The fourth-order valence-corrected chi connectivity index (χ4v) is 1.77. The van der Waals surface area contributed by atoms with Crippen LogP contribution in [0.2, 0.25) is 0 Å². The molecule has 0 atom stereocenters. The van der Waals surface area contributed by atoms with Gasteiger partial charge in [-0.3, -0.25) is 0 Å². The predicted octanol–water partition coefficient (Wildman–Crippen LogP) is 2.06. The normalized spacial score (nSPS) is 17.6. The highest BCUT2D eigenvalue weighted by atomic mass is 19.3. The van der Waals surface area contributed by atoms with Crippen LogP contribution in [0.15, 0.2) is 0 Å². The Hall–Kier alpha value is -1.20. The van der Waals surface area contributed by atoms with Crippen LogP contribution in [0.3, 0.4) is 0 Å². The lowest BCUT2D eigenvalue weighted by Crippen LogP contribution is -2.24. The summed E-state index contributed by atoms with van der Waals surface area (Å²) in [6.07, 6.45) is 2.42. The summed E-state index contributed by atoms with van der Waals surface area (Å²) < 4.78 is 32.6. The number of halogens is 2. The van der Waals surface area contributed by atoms with E-state index in [-0.39, 0.29) is 6.10 Å². The second-order valence-corrected chi connectivity index (χ2v) is 4.01. The third-order valence-electron chi connectivity index (χ3n) is 2.61. The van der Waals surface area contributed by atoms with E-state index in [2.05, 4.69) is 4.74 Å². The smallest absolute Gasteiger partial charge is 0.374 e. The molecule has 0 heterocycles. The van der Waals surface area contributed by atoms with E-state index in [0.717, 1.165) is 38.5 Å². The summed E-state index contributed by atoms with van der Waals surface area (Å²) in [6, 6.07) is 0. The molecule has 0 amide bonds. The van der Waals surface area contributed by atoms with Gasteiger partial charge >= 0.3 is 18.4 Å². The number of carbonyl (C=O) groups is 2. The van der Waals surface area contributed by atoms with Crippen molar-refractivity contribution < 1.29 is 27.8 Å². The van der Waals surface area contributed by atoms with Crippen LogP contribution in [0.4, 0.5) is 8.78 Å². The van der Waals surface area contributed by atoms with Crippen LogP contribution in [-0.4, -0.2) is 31.1 Å². The van der Waals surface area contributed by atoms with Gasteiger partial charge in [0.2, 0.25) is 0 Å². The minimum absolute atomic E-state index is 0.171. The lowest BCUT2D eigenvalue weighted by molar-refractivity contribution is -0.168. The first-order chi connectivity index (χ1) is 8.09. The molecule has 0 unspecified atom stereocenters. The highest BCUT2D eigenvalue weighted by Gasteiger charge is 2.21. The van der Waals surface area contributed by atoms with Crippen LogP contribution in [0.5, 0.6) is 0 Å². The summed E-state index contributed by atoms with van der Waals surface area (Å²) in [5, 5.41) is 0. The van der Waals surface area contributed by atoms with Crippen molar-refractivity contribution in [2.45, 2.75) is 51.1 Å². The van der Waals surface area contributed by atoms with Crippen molar-refractivity contribution in [2.75, 3.05) is 6.61 Å². The highest BCUT2D eigenvalue weighted by molar-refractivity contribution is 5.78. The van der Waals surface area contributed by atoms with E-state index in [1.807, 2.05) is 0 Å². The predicted molar refractivity (Wildman–Crippen MR) is 54.5 cm³/mol. The first-order valence-corrected chi connectivity index (χ1v) is 5.74. The molecule has 1 fully saturated rings. The van der Waals surface area contributed by atoms with Gasteiger partial charge in [-0.25, -0.2) is 9.59 Å². The molecule has 0 saturated heterocycles. The topological polar surface area (TPSA) is 52.6 Å². The summed E-state index contributed by atoms with van der Waals surface area (Å²) in [7, 11) is 0. The molecule has 1 saturated carbocycles. The van der Waals surface area contributed by atoms with E-state index in [4.69, 9.17) is 4.74 Å². The maximum absolute atomic E-state index is 11.8. The second-order valence-electron chi connectivity index (χ2n) is 4.01. The lowest BCUT2D eigenvalue weighted by atomic mass is 10.1. The molecule has 0 aromatic heterocycles. The standard InChI is InChI=1S/C11H16F2O4/c12-10(13)11(15)16-7-9(14)17-8-5-3-1-2-4-6-8/h8,10H,1-7H2. The Balaban J connectivity index is 2.21. The van der Waals surface area contributed by atoms with Crippen molar-refractivity contribution in [1.82, 2.24) is 0 Å². The molecule has 0 aromatic carbocycles. The molecule has 0 N–H and O–H groups in total. The van der Waals surface area contributed by atoms with E-state index < -0.39 is 25.0 Å². The average Bonchev–Trinajstić information content (AvgIpc) is 2.54. The molecular weight excluding hydrogens is 234 g/mol. The molecular formula is C11H16F2O4. The quantitative estimate of drug-likeness (QED) is 0.566. The third kappa shape index (κ3) is 5.60. The van der Waals surface area contributed by atoms with Gasteiger partial charge < -0.3 is 9.47 Å². The van der Waals surface area contributed by atoms with Gasteiger partial charge in [0.05, 0.1) is 0 Å². The van der Waals surface area contributed by atoms with Gasteiger partial charge in [0.1, 0.15) is 6.10 Å². The molecule has 1 aliphatic rings. The van der Waals surface area contributed by atoms with Crippen LogP contribution in [0.1, 0.15) is 38.5 Å². The fourth-order valence-electron chi connectivity index (χ4n) is 1.77. The fraction of sp³-hybridized carbons (Fsp3) is 0.818. The Morgan fingerprint density at radius 3 is 2.24 bits per heavy atom. The van der Waals surface area contributed by atoms with E-state index >= 15 is 0 Å². The molecule has 0 spiro atoms. The number of alkyl halides is 2. The third-order valence-corrected chi connectivity index (χ3v) is 2.61. The molecule has 17 heavy (non-hydrogen) atoms. The van der Waals surface area contributed by atoms with Crippen molar-refractivity contribution in [3.05, 3.63) is 0 Å². The number of esters is 2. The minimum atomic E-state index is -3.21. The zero-order valence-corrected chi connectivity index (χ0v) is 9.49. The largest absolute Gasteiger partial charge is 0.460 e. The van der Waals surface area contributed by atoms with E-state index in [9.17, 15) is 18.4 Å². The summed E-state index contributed by atoms with van der Waals surface area (Å²) in [4.78, 5) is 21.6. The number of carbonyl (C=O) groups excluding carboxylic acids is 2. The van der Waals surface area contributed by atoms with Crippen LogP contribution in [-0.2, 0) is 19.1 Å². The van der Waals surface area contributed by atoms with Gasteiger partial charge in [-0.2, -0.15) is 8.78 Å². The van der Waals surface area contributed by atoms with Gasteiger partial charge in [-0.1, -0.05) is 12.8 Å². The molecule has 0 aromatic rings. The summed E-state index contributed by atoms with van der Waals surface area (Å²) in [6.45, 7) is -0.736. The first-order valence-electron chi connectivity index (χ1n) is 5.74. The summed E-state index contributed by atoms with van der Waals surface area (Å²) >= 11 is 0. The SMILES string of the molecule is O=C(COC(=O)C(F)F)OC1CCCCCC1. The second kappa shape index (κ2) is 7.19. The van der Waals surface area contributed by atoms with Crippen LogP contribution < -0.4 is 0 Å². The number of ether oxygens (including phenoxy) is 2. The van der Waals surface area contributed by atoms with Crippen molar-refractivity contribution in [3.63, 3.8) is 0 Å². The van der Waals surface area contributed by atoms with Crippen molar-refractivity contribution in [3.8, 4) is 0 Å². The number of rotatable bonds is 4. The van der Waals surface area contributed by atoms with Crippen LogP contribution in [0, 0.1) is 0 Å².